The van der Waals surface area contributed by atoms with Crippen LogP contribution in [0.3, 0.4) is 0 Å². The quantitative estimate of drug-likeness (QED) is 0.313. The molecule has 0 unspecified atom stereocenters. The van der Waals surface area contributed by atoms with Crippen molar-refractivity contribution in [3.8, 4) is 23.6 Å². The standard InChI is InChI=1S/C24H21N7OS/c1-24(2,3)20-18(13-25)23(33-4)29-22-19(14-26)21(30-31(20)22)28-15-5-7-16(8-6-15)32-17-9-11-27-12-10-17/h5-12H,1-4H3,(H,28,30). The van der Waals surface area contributed by atoms with Crippen molar-refractivity contribution in [2.24, 2.45) is 0 Å². The van der Waals surface area contributed by atoms with Crippen molar-refractivity contribution in [2.45, 2.75) is 31.2 Å². The van der Waals surface area contributed by atoms with Gasteiger partial charge in [-0.25, -0.2) is 9.50 Å². The average molecular weight is 456 g/mol. The number of thioether (sulfide) groups is 1. The maximum absolute atomic E-state index is 9.90. The molecule has 33 heavy (non-hydrogen) atoms. The van der Waals surface area contributed by atoms with Crippen LogP contribution in [0.1, 0.15) is 37.6 Å². The molecule has 1 aromatic carbocycles. The van der Waals surface area contributed by atoms with Crippen LogP contribution < -0.4 is 10.1 Å². The fourth-order valence-corrected chi connectivity index (χ4v) is 3.97. The van der Waals surface area contributed by atoms with E-state index in [0.29, 0.717) is 44.8 Å². The van der Waals surface area contributed by atoms with Gasteiger partial charge in [-0.2, -0.15) is 10.5 Å². The number of nitrogens with zero attached hydrogens (tertiary/aromatic N) is 6. The third-order valence-corrected chi connectivity index (χ3v) is 5.54. The van der Waals surface area contributed by atoms with E-state index in [1.807, 2.05) is 51.3 Å². The summed E-state index contributed by atoms with van der Waals surface area (Å²) < 4.78 is 7.41. The van der Waals surface area contributed by atoms with Gasteiger partial charge in [0.1, 0.15) is 39.8 Å². The van der Waals surface area contributed by atoms with Gasteiger partial charge in [-0.05, 0) is 42.7 Å². The molecule has 0 amide bonds. The van der Waals surface area contributed by atoms with Gasteiger partial charge in [0.15, 0.2) is 11.5 Å². The van der Waals surface area contributed by atoms with Crippen molar-refractivity contribution in [3.63, 3.8) is 0 Å². The summed E-state index contributed by atoms with van der Waals surface area (Å²) in [5, 5.41) is 28.1. The largest absolute Gasteiger partial charge is 0.457 e. The van der Waals surface area contributed by atoms with E-state index >= 15 is 0 Å². The Hall–Kier alpha value is -4.08. The molecule has 0 atom stereocenters. The van der Waals surface area contributed by atoms with E-state index in [1.165, 1.54) is 11.8 Å². The lowest BCUT2D eigenvalue weighted by Gasteiger charge is -2.22. The number of hydrogen-bond acceptors (Lipinski definition) is 8. The fraction of sp³-hybridized carbons (Fsp3) is 0.208. The summed E-state index contributed by atoms with van der Waals surface area (Å²) in [6.45, 7) is 6.03. The molecule has 0 saturated heterocycles. The van der Waals surface area contributed by atoms with Gasteiger partial charge in [-0.15, -0.1) is 16.9 Å². The number of pyridine rings is 1. The second-order valence-corrected chi connectivity index (χ2v) is 9.01. The van der Waals surface area contributed by atoms with Crippen LogP contribution in [0, 0.1) is 22.7 Å². The Balaban J connectivity index is 1.74. The Bertz CT molecular complexity index is 1390. The van der Waals surface area contributed by atoms with E-state index in [2.05, 4.69) is 32.5 Å². The zero-order valence-electron chi connectivity index (χ0n) is 18.6. The Morgan fingerprint density at radius 3 is 2.18 bits per heavy atom. The van der Waals surface area contributed by atoms with Crippen molar-refractivity contribution in [1.82, 2.24) is 19.6 Å². The van der Waals surface area contributed by atoms with Gasteiger partial charge in [-0.1, -0.05) is 20.8 Å². The van der Waals surface area contributed by atoms with Crippen LogP contribution in [0.25, 0.3) is 5.65 Å². The van der Waals surface area contributed by atoms with E-state index < -0.39 is 5.41 Å². The van der Waals surface area contributed by atoms with E-state index in [1.54, 1.807) is 29.0 Å². The highest BCUT2D eigenvalue weighted by Gasteiger charge is 2.28. The first kappa shape index (κ1) is 22.1. The van der Waals surface area contributed by atoms with Gasteiger partial charge >= 0.3 is 0 Å². The van der Waals surface area contributed by atoms with Gasteiger partial charge in [0, 0.05) is 23.5 Å². The monoisotopic (exact) mass is 455 g/mol. The van der Waals surface area contributed by atoms with Crippen molar-refractivity contribution in [1.29, 1.82) is 10.5 Å². The lowest BCUT2D eigenvalue weighted by Crippen LogP contribution is -2.20. The molecule has 0 aliphatic carbocycles. The number of nitrogens with one attached hydrogen (secondary N) is 1. The van der Waals surface area contributed by atoms with Crippen LogP contribution in [-0.4, -0.2) is 25.8 Å². The van der Waals surface area contributed by atoms with E-state index in [4.69, 9.17) is 4.74 Å². The zero-order chi connectivity index (χ0) is 23.6. The summed E-state index contributed by atoms with van der Waals surface area (Å²) in [5.41, 5.74) is 2.27. The Kier molecular flexibility index (Phi) is 5.91. The topological polar surface area (TPSA) is 112 Å². The molecule has 4 aromatic rings. The molecule has 9 heteroatoms. The van der Waals surface area contributed by atoms with Crippen LogP contribution >= 0.6 is 11.8 Å². The summed E-state index contributed by atoms with van der Waals surface area (Å²) >= 11 is 1.38. The van der Waals surface area contributed by atoms with E-state index in [0.717, 1.165) is 5.69 Å². The number of fused-ring (bicyclic) bond motifs is 1. The second kappa shape index (κ2) is 8.81. The molecule has 0 spiro atoms. The van der Waals surface area contributed by atoms with Crippen LogP contribution in [0.2, 0.25) is 0 Å². The molecule has 3 heterocycles. The lowest BCUT2D eigenvalue weighted by molar-refractivity contribution is 0.482. The summed E-state index contributed by atoms with van der Waals surface area (Å²) in [7, 11) is 0. The number of nitriles is 2. The average Bonchev–Trinajstić information content (AvgIpc) is 3.15. The SMILES string of the molecule is CSc1nc2c(C#N)c(Nc3ccc(Oc4ccncc4)cc3)nn2c(C(C)(C)C)c1C#N. The first-order valence-electron chi connectivity index (χ1n) is 10.1. The predicted molar refractivity (Wildman–Crippen MR) is 127 cm³/mol. The van der Waals surface area contributed by atoms with Gasteiger partial charge in [-0.3, -0.25) is 4.98 Å². The van der Waals surface area contributed by atoms with E-state index in [9.17, 15) is 10.5 Å². The molecule has 8 nitrogen and oxygen atoms in total. The predicted octanol–water partition coefficient (Wildman–Crippen LogP) is 5.42. The van der Waals surface area contributed by atoms with Crippen molar-refractivity contribution in [3.05, 3.63) is 65.6 Å². The third-order valence-electron chi connectivity index (χ3n) is 4.86. The normalized spacial score (nSPS) is 11.1. The molecule has 164 valence electrons. The highest BCUT2D eigenvalue weighted by Crippen LogP contribution is 2.34. The first-order chi connectivity index (χ1) is 15.9. The molecule has 4 rings (SSSR count). The van der Waals surface area contributed by atoms with Crippen LogP contribution in [0.15, 0.2) is 53.8 Å². The minimum atomic E-state index is -0.390. The number of aromatic nitrogens is 4. The van der Waals surface area contributed by atoms with Gasteiger partial charge < -0.3 is 10.1 Å². The van der Waals surface area contributed by atoms with Crippen molar-refractivity contribution in [2.75, 3.05) is 11.6 Å². The minimum absolute atomic E-state index is 0.317. The summed E-state index contributed by atoms with van der Waals surface area (Å²) in [4.78, 5) is 8.56. The Labute approximate surface area is 195 Å². The van der Waals surface area contributed by atoms with Crippen molar-refractivity contribution >= 4 is 28.9 Å². The minimum Gasteiger partial charge on any atom is -0.457 e. The highest BCUT2D eigenvalue weighted by atomic mass is 32.2. The summed E-state index contributed by atoms with van der Waals surface area (Å²) in [6, 6.07) is 15.4. The second-order valence-electron chi connectivity index (χ2n) is 8.21. The molecule has 1 N–H and O–H groups in total. The number of benzene rings is 1. The molecule has 0 fully saturated rings. The molecular weight excluding hydrogens is 434 g/mol. The van der Waals surface area contributed by atoms with E-state index in [-0.39, 0.29) is 0 Å². The zero-order valence-corrected chi connectivity index (χ0v) is 19.4. The van der Waals surface area contributed by atoms with Crippen LogP contribution in [-0.2, 0) is 5.41 Å². The maximum Gasteiger partial charge on any atom is 0.176 e. The van der Waals surface area contributed by atoms with Gasteiger partial charge in [0.2, 0.25) is 0 Å². The molecule has 0 bridgehead atoms. The molecule has 0 aliphatic rings. The van der Waals surface area contributed by atoms with Crippen LogP contribution in [0.4, 0.5) is 11.5 Å². The summed E-state index contributed by atoms with van der Waals surface area (Å²) in [6.07, 6.45) is 5.19. The summed E-state index contributed by atoms with van der Waals surface area (Å²) in [5.74, 6) is 1.74. The number of hydrogen-bond donors (Lipinski definition) is 1. The molecular formula is C24H21N7OS. The smallest absolute Gasteiger partial charge is 0.176 e. The molecule has 3 aromatic heterocycles. The van der Waals surface area contributed by atoms with Crippen LogP contribution in [0.5, 0.6) is 11.5 Å². The highest BCUT2D eigenvalue weighted by molar-refractivity contribution is 7.98. The lowest BCUT2D eigenvalue weighted by atomic mass is 9.89. The number of anilines is 2. The molecule has 0 radical (unpaired) electrons. The van der Waals surface area contributed by atoms with Crippen molar-refractivity contribution < 1.29 is 4.74 Å². The molecule has 0 saturated carbocycles. The fourth-order valence-electron chi connectivity index (χ4n) is 3.44. The first-order valence-corrected chi connectivity index (χ1v) is 11.3. The Morgan fingerprint density at radius 1 is 0.970 bits per heavy atom. The third kappa shape index (κ3) is 4.32. The van der Waals surface area contributed by atoms with Gasteiger partial charge in [0.25, 0.3) is 0 Å². The number of rotatable bonds is 5. The maximum atomic E-state index is 9.90. The van der Waals surface area contributed by atoms with Gasteiger partial charge in [0.05, 0.1) is 5.69 Å². The number of ether oxygens (including phenoxy) is 1. The Morgan fingerprint density at radius 2 is 1.61 bits per heavy atom. The molecule has 0 aliphatic heterocycles.